The molecule has 1 aliphatic carbocycles. The molecule has 1 aromatic rings. The topological polar surface area (TPSA) is 81.4 Å². The fourth-order valence-corrected chi connectivity index (χ4v) is 1.67. The normalized spacial score (nSPS) is 13.9. The van der Waals surface area contributed by atoms with E-state index in [2.05, 4.69) is 5.32 Å². The van der Waals surface area contributed by atoms with Crippen LogP contribution in [-0.4, -0.2) is 24.5 Å². The standard InChI is InChI=1S/C14H17FN2O3/c1-8-11(15)6-9(7-12(8)16)14(19)20-5-4-13(18)17-10-2-3-10/h6-7,10H,2-5,16H2,1H3,(H,17,18). The largest absolute Gasteiger partial charge is 0.462 e. The van der Waals surface area contributed by atoms with Crippen LogP contribution in [0.5, 0.6) is 0 Å². The van der Waals surface area contributed by atoms with E-state index in [4.69, 9.17) is 10.5 Å². The number of benzene rings is 1. The second kappa shape index (κ2) is 5.90. The van der Waals surface area contributed by atoms with Gasteiger partial charge in [-0.05, 0) is 31.9 Å². The molecule has 0 unspecified atom stereocenters. The van der Waals surface area contributed by atoms with E-state index >= 15 is 0 Å². The molecular weight excluding hydrogens is 263 g/mol. The zero-order valence-electron chi connectivity index (χ0n) is 11.2. The van der Waals surface area contributed by atoms with Crippen LogP contribution in [0.4, 0.5) is 10.1 Å². The molecule has 6 heteroatoms. The van der Waals surface area contributed by atoms with Crippen molar-refractivity contribution in [3.05, 3.63) is 29.1 Å². The zero-order chi connectivity index (χ0) is 14.7. The molecule has 2 rings (SSSR count). The van der Waals surface area contributed by atoms with Gasteiger partial charge in [-0.15, -0.1) is 0 Å². The second-order valence-corrected chi connectivity index (χ2v) is 4.90. The highest BCUT2D eigenvalue weighted by atomic mass is 19.1. The predicted molar refractivity (Wildman–Crippen MR) is 71.6 cm³/mol. The maximum atomic E-state index is 13.4. The molecule has 1 amide bonds. The van der Waals surface area contributed by atoms with Crippen molar-refractivity contribution in [2.24, 2.45) is 0 Å². The number of hydrogen-bond donors (Lipinski definition) is 2. The Balaban J connectivity index is 1.83. The monoisotopic (exact) mass is 280 g/mol. The smallest absolute Gasteiger partial charge is 0.338 e. The van der Waals surface area contributed by atoms with Crippen molar-refractivity contribution in [2.45, 2.75) is 32.2 Å². The minimum atomic E-state index is -0.685. The minimum absolute atomic E-state index is 0.0349. The summed E-state index contributed by atoms with van der Waals surface area (Å²) in [6, 6.07) is 2.73. The van der Waals surface area contributed by atoms with Gasteiger partial charge in [0.25, 0.3) is 0 Å². The highest BCUT2D eigenvalue weighted by molar-refractivity contribution is 5.91. The van der Waals surface area contributed by atoms with Gasteiger partial charge in [0.05, 0.1) is 12.0 Å². The number of rotatable bonds is 5. The van der Waals surface area contributed by atoms with Crippen LogP contribution in [0.25, 0.3) is 0 Å². The number of ether oxygens (including phenoxy) is 1. The Hall–Kier alpha value is -2.11. The average molecular weight is 280 g/mol. The van der Waals surface area contributed by atoms with Gasteiger partial charge in [0, 0.05) is 17.3 Å². The van der Waals surface area contributed by atoms with Gasteiger partial charge in [-0.2, -0.15) is 0 Å². The Morgan fingerprint density at radius 3 is 2.75 bits per heavy atom. The van der Waals surface area contributed by atoms with E-state index in [1.54, 1.807) is 0 Å². The second-order valence-electron chi connectivity index (χ2n) is 4.90. The Bertz CT molecular complexity index is 518. The van der Waals surface area contributed by atoms with Gasteiger partial charge in [0.1, 0.15) is 12.4 Å². The number of carbonyl (C=O) groups is 2. The molecule has 5 nitrogen and oxygen atoms in total. The van der Waals surface area contributed by atoms with Gasteiger partial charge in [0.2, 0.25) is 5.91 Å². The van der Waals surface area contributed by atoms with E-state index in [0.29, 0.717) is 5.56 Å². The molecule has 0 atom stereocenters. The molecule has 108 valence electrons. The summed E-state index contributed by atoms with van der Waals surface area (Å²) in [4.78, 5) is 23.1. The first-order chi connectivity index (χ1) is 9.47. The van der Waals surface area contributed by atoms with E-state index in [-0.39, 0.29) is 36.2 Å². The third kappa shape index (κ3) is 3.69. The molecule has 0 heterocycles. The van der Waals surface area contributed by atoms with Crippen molar-refractivity contribution in [3.8, 4) is 0 Å². The van der Waals surface area contributed by atoms with Crippen LogP contribution in [0.1, 0.15) is 35.2 Å². The lowest BCUT2D eigenvalue weighted by Gasteiger charge is -2.08. The lowest BCUT2D eigenvalue weighted by Crippen LogP contribution is -2.26. The van der Waals surface area contributed by atoms with Crippen molar-refractivity contribution in [2.75, 3.05) is 12.3 Å². The summed E-state index contributed by atoms with van der Waals surface area (Å²) in [7, 11) is 0. The van der Waals surface area contributed by atoms with Gasteiger partial charge < -0.3 is 15.8 Å². The number of halogens is 1. The third-order valence-electron chi connectivity index (χ3n) is 3.12. The number of anilines is 1. The van der Waals surface area contributed by atoms with Crippen molar-refractivity contribution >= 4 is 17.6 Å². The Morgan fingerprint density at radius 2 is 2.15 bits per heavy atom. The van der Waals surface area contributed by atoms with Crippen LogP contribution >= 0.6 is 0 Å². The van der Waals surface area contributed by atoms with Crippen molar-refractivity contribution < 1.29 is 18.7 Å². The summed E-state index contributed by atoms with van der Waals surface area (Å²) in [5.74, 6) is -1.38. The lowest BCUT2D eigenvalue weighted by molar-refractivity contribution is -0.121. The number of nitrogen functional groups attached to an aromatic ring is 1. The Labute approximate surface area is 116 Å². The molecule has 1 fully saturated rings. The van der Waals surface area contributed by atoms with Crippen LogP contribution in [0.3, 0.4) is 0 Å². The van der Waals surface area contributed by atoms with E-state index in [1.807, 2.05) is 0 Å². The third-order valence-corrected chi connectivity index (χ3v) is 3.12. The predicted octanol–water partition coefficient (Wildman–Crippen LogP) is 1.54. The first kappa shape index (κ1) is 14.3. The summed E-state index contributed by atoms with van der Waals surface area (Å²) in [5.41, 5.74) is 6.13. The van der Waals surface area contributed by atoms with Crippen molar-refractivity contribution in [1.29, 1.82) is 0 Å². The molecule has 0 saturated heterocycles. The summed E-state index contributed by atoms with van der Waals surface area (Å²) in [6.45, 7) is 1.49. The van der Waals surface area contributed by atoms with Gasteiger partial charge in [0.15, 0.2) is 0 Å². The lowest BCUT2D eigenvalue weighted by atomic mass is 10.1. The van der Waals surface area contributed by atoms with Gasteiger partial charge in [-0.1, -0.05) is 0 Å². The number of nitrogens with one attached hydrogen (secondary N) is 1. The molecule has 0 aliphatic heterocycles. The maximum Gasteiger partial charge on any atom is 0.338 e. The highest BCUT2D eigenvalue weighted by Crippen LogP contribution is 2.19. The first-order valence-electron chi connectivity index (χ1n) is 6.49. The van der Waals surface area contributed by atoms with Crippen LogP contribution in [-0.2, 0) is 9.53 Å². The van der Waals surface area contributed by atoms with Crippen molar-refractivity contribution in [1.82, 2.24) is 5.32 Å². The summed E-state index contributed by atoms with van der Waals surface area (Å²) >= 11 is 0. The maximum absolute atomic E-state index is 13.4. The molecule has 0 bridgehead atoms. The summed E-state index contributed by atoms with van der Waals surface area (Å²) < 4.78 is 18.4. The molecule has 1 saturated carbocycles. The summed E-state index contributed by atoms with van der Waals surface area (Å²) in [5, 5.41) is 2.78. The quantitative estimate of drug-likeness (QED) is 0.633. The zero-order valence-corrected chi connectivity index (χ0v) is 11.2. The molecule has 0 aromatic heterocycles. The first-order valence-corrected chi connectivity index (χ1v) is 6.49. The molecule has 20 heavy (non-hydrogen) atoms. The van der Waals surface area contributed by atoms with Crippen LogP contribution in [0.2, 0.25) is 0 Å². The molecular formula is C14H17FN2O3. The van der Waals surface area contributed by atoms with E-state index in [1.165, 1.54) is 13.0 Å². The van der Waals surface area contributed by atoms with E-state index in [9.17, 15) is 14.0 Å². The molecule has 3 N–H and O–H groups in total. The summed E-state index contributed by atoms with van der Waals surface area (Å²) in [6.07, 6.45) is 2.12. The van der Waals surface area contributed by atoms with E-state index < -0.39 is 11.8 Å². The van der Waals surface area contributed by atoms with Crippen molar-refractivity contribution in [3.63, 3.8) is 0 Å². The van der Waals surface area contributed by atoms with Crippen LogP contribution < -0.4 is 11.1 Å². The molecule has 0 spiro atoms. The number of esters is 1. The fourth-order valence-electron chi connectivity index (χ4n) is 1.67. The number of carbonyl (C=O) groups excluding carboxylic acids is 2. The number of nitrogens with two attached hydrogens (primary N) is 1. The average Bonchev–Trinajstić information content (AvgIpc) is 3.19. The molecule has 0 radical (unpaired) electrons. The SMILES string of the molecule is Cc1c(N)cc(C(=O)OCCC(=O)NC2CC2)cc1F. The highest BCUT2D eigenvalue weighted by Gasteiger charge is 2.23. The van der Waals surface area contributed by atoms with Gasteiger partial charge >= 0.3 is 5.97 Å². The van der Waals surface area contributed by atoms with Gasteiger partial charge in [-0.25, -0.2) is 9.18 Å². The Kier molecular flexibility index (Phi) is 4.22. The van der Waals surface area contributed by atoms with Crippen LogP contribution in [0.15, 0.2) is 12.1 Å². The van der Waals surface area contributed by atoms with Crippen LogP contribution in [0, 0.1) is 12.7 Å². The number of amides is 1. The minimum Gasteiger partial charge on any atom is -0.462 e. The van der Waals surface area contributed by atoms with Gasteiger partial charge in [-0.3, -0.25) is 4.79 Å². The molecule has 1 aromatic carbocycles. The molecule has 1 aliphatic rings. The fraction of sp³-hybridized carbons (Fsp3) is 0.429. The number of hydrogen-bond acceptors (Lipinski definition) is 4. The van der Waals surface area contributed by atoms with E-state index in [0.717, 1.165) is 18.9 Å². The Morgan fingerprint density at radius 1 is 1.45 bits per heavy atom.